The van der Waals surface area contributed by atoms with Crippen LogP contribution in [0.4, 0.5) is 0 Å². The molecule has 4 aliphatic rings. The number of benzene rings is 2. The molecule has 3 aromatic rings. The number of carbonyl (C=O) groups excluding carboxylic acids is 3. The van der Waals surface area contributed by atoms with E-state index >= 15 is 0 Å². The fourth-order valence-electron chi connectivity index (χ4n) is 8.86. The van der Waals surface area contributed by atoms with E-state index in [1.54, 1.807) is 38.0 Å². The van der Waals surface area contributed by atoms with Crippen molar-refractivity contribution < 1.29 is 14.4 Å². The summed E-state index contributed by atoms with van der Waals surface area (Å²) in [6.07, 6.45) is 7.93. The van der Waals surface area contributed by atoms with Crippen LogP contribution in [0.5, 0.6) is 0 Å². The Kier molecular flexibility index (Phi) is 8.73. The first kappa shape index (κ1) is 32.9. The second kappa shape index (κ2) is 13.0. The average Bonchev–Trinajstić information content (AvgIpc) is 3.51. The first-order valence-corrected chi connectivity index (χ1v) is 17.5. The zero-order valence-corrected chi connectivity index (χ0v) is 28.8. The van der Waals surface area contributed by atoms with Crippen LogP contribution in [0.15, 0.2) is 36.4 Å². The molecule has 1 aliphatic heterocycles. The number of nitriles is 1. The third kappa shape index (κ3) is 5.88. The van der Waals surface area contributed by atoms with Crippen LogP contribution in [0.25, 0.3) is 0 Å². The number of amides is 3. The molecule has 7 rings (SSSR count). The molecular weight excluding hydrogens is 618 g/mol. The molecule has 0 bridgehead atoms. The number of hydrogen-bond acceptors (Lipinski definition) is 8. The highest BCUT2D eigenvalue weighted by Crippen LogP contribution is 2.49. The van der Waals surface area contributed by atoms with Gasteiger partial charge in [0, 0.05) is 51.4 Å². The first-order valence-electron chi connectivity index (χ1n) is 17.5. The molecule has 3 amide bonds. The number of nitrogens with one attached hydrogen (secondary N) is 2. The van der Waals surface area contributed by atoms with Gasteiger partial charge in [0.2, 0.25) is 5.91 Å². The van der Waals surface area contributed by atoms with Gasteiger partial charge < -0.3 is 20.0 Å². The quantitative estimate of drug-likeness (QED) is 0.355. The van der Waals surface area contributed by atoms with Crippen molar-refractivity contribution in [3.05, 3.63) is 75.6 Å². The van der Waals surface area contributed by atoms with E-state index in [4.69, 9.17) is 0 Å². The second-order valence-corrected chi connectivity index (χ2v) is 14.8. The predicted molar refractivity (Wildman–Crippen MR) is 182 cm³/mol. The van der Waals surface area contributed by atoms with Crippen molar-refractivity contribution in [1.29, 1.82) is 5.26 Å². The molecule has 0 spiro atoms. The minimum atomic E-state index is -0.902. The molecule has 1 saturated heterocycles. The fraction of sp³-hybridized carbons (Fsp3) is 0.541. The summed E-state index contributed by atoms with van der Waals surface area (Å²) in [5, 5.41) is 29.6. The van der Waals surface area contributed by atoms with Gasteiger partial charge in [0.1, 0.15) is 6.04 Å². The van der Waals surface area contributed by atoms with Gasteiger partial charge in [0.05, 0.1) is 18.0 Å². The Balaban J connectivity index is 1.35. The van der Waals surface area contributed by atoms with Gasteiger partial charge in [0.15, 0.2) is 5.82 Å². The van der Waals surface area contributed by atoms with Crippen LogP contribution in [0.3, 0.4) is 0 Å². The van der Waals surface area contributed by atoms with E-state index in [-0.39, 0.29) is 42.4 Å². The predicted octanol–water partition coefficient (Wildman–Crippen LogP) is 3.09. The molecule has 2 heterocycles. The number of carbonyl (C=O) groups is 3. The van der Waals surface area contributed by atoms with Crippen molar-refractivity contribution in [3.8, 4) is 6.07 Å². The van der Waals surface area contributed by atoms with Gasteiger partial charge in [-0.2, -0.15) is 10.5 Å². The Morgan fingerprint density at radius 2 is 1.59 bits per heavy atom. The molecular formula is C37H45N9O3. The minimum absolute atomic E-state index is 0.0199. The van der Waals surface area contributed by atoms with Crippen molar-refractivity contribution in [2.45, 2.75) is 81.3 Å². The van der Waals surface area contributed by atoms with E-state index in [9.17, 15) is 19.6 Å². The maximum Gasteiger partial charge on any atom is 0.253 e. The van der Waals surface area contributed by atoms with Crippen molar-refractivity contribution in [3.63, 3.8) is 0 Å². The Hall–Kier alpha value is -4.63. The van der Waals surface area contributed by atoms with E-state index in [0.29, 0.717) is 48.0 Å². The number of piperidine rings is 1. The summed E-state index contributed by atoms with van der Waals surface area (Å²) < 4.78 is 0. The third-order valence-electron chi connectivity index (χ3n) is 11.4. The van der Waals surface area contributed by atoms with Crippen LogP contribution in [-0.2, 0) is 23.1 Å². The maximum atomic E-state index is 13.7. The van der Waals surface area contributed by atoms with E-state index in [1.165, 1.54) is 0 Å². The number of likely N-dealkylation sites (tertiary alicyclic amines) is 1. The summed E-state index contributed by atoms with van der Waals surface area (Å²) in [5.74, 6) is 1.11. The lowest BCUT2D eigenvalue weighted by atomic mass is 9.66. The largest absolute Gasteiger partial charge is 0.345 e. The zero-order chi connectivity index (χ0) is 34.4. The molecule has 0 radical (unpaired) electrons. The van der Waals surface area contributed by atoms with Crippen LogP contribution in [0.1, 0.15) is 93.7 Å². The van der Waals surface area contributed by atoms with Gasteiger partial charge in [-0.3, -0.25) is 14.4 Å². The van der Waals surface area contributed by atoms with Crippen LogP contribution in [0, 0.1) is 23.2 Å². The molecule has 2 saturated carbocycles. The SMILES string of the molecule is CN(C)C(=O)c1ccc2c(c1)CCc1cc(C(=O)N(C)C)ccc1C2(C[C@@H](NCC(=O)N1[C@H](C#N)C[C@@H]2C[C@@H]21)C1CCCC1)c1nn[nH]n1. The fourth-order valence-corrected chi connectivity index (χ4v) is 8.86. The first-order chi connectivity index (χ1) is 23.6. The Bertz CT molecular complexity index is 1720. The standard InChI is InChI=1S/C37H45N9O3/c1-44(2)34(48)25-11-13-29-23(15-25)9-10-24-16-26(35(49)45(3)4)12-14-30(24)37(29,36-40-42-43-41-36)19-31(22-7-5-6-8-22)39-21-33(47)46-28(20-38)17-27-18-32(27)46/h11-16,22,27-28,31-32,39H,5-10,17-19,21H2,1-4H3,(H,40,41,42,43)/t27-,28+,31-,32+/m1/s1. The van der Waals surface area contributed by atoms with E-state index in [1.807, 2.05) is 41.3 Å². The zero-order valence-electron chi connectivity index (χ0n) is 28.8. The van der Waals surface area contributed by atoms with Crippen LogP contribution >= 0.6 is 0 Å². The van der Waals surface area contributed by atoms with Crippen molar-refractivity contribution in [1.82, 2.24) is 40.6 Å². The Morgan fingerprint density at radius 1 is 0.980 bits per heavy atom. The van der Waals surface area contributed by atoms with Crippen molar-refractivity contribution in [2.75, 3.05) is 34.7 Å². The van der Waals surface area contributed by atoms with Gasteiger partial charge in [-0.05, 0) is 103 Å². The van der Waals surface area contributed by atoms with E-state index in [2.05, 4.69) is 32.0 Å². The number of aryl methyl sites for hydroxylation is 2. The van der Waals surface area contributed by atoms with Crippen LogP contribution in [-0.4, -0.2) is 106 Å². The molecule has 4 atom stereocenters. The topological polar surface area (TPSA) is 151 Å². The molecule has 49 heavy (non-hydrogen) atoms. The highest BCUT2D eigenvalue weighted by atomic mass is 16.2. The summed E-state index contributed by atoms with van der Waals surface area (Å²) in [5.41, 5.74) is 4.33. The van der Waals surface area contributed by atoms with Crippen LogP contribution < -0.4 is 5.32 Å². The van der Waals surface area contributed by atoms with E-state index < -0.39 is 5.41 Å². The average molecular weight is 664 g/mol. The number of tetrazole rings is 1. The smallest absolute Gasteiger partial charge is 0.253 e. The van der Waals surface area contributed by atoms with Crippen LogP contribution in [0.2, 0.25) is 0 Å². The number of fused-ring (bicyclic) bond motifs is 3. The van der Waals surface area contributed by atoms with Gasteiger partial charge in [-0.25, -0.2) is 0 Å². The number of rotatable bonds is 9. The molecule has 2 N–H and O–H groups in total. The summed E-state index contributed by atoms with van der Waals surface area (Å²) in [6, 6.07) is 13.9. The van der Waals surface area contributed by atoms with Gasteiger partial charge in [0.25, 0.3) is 11.8 Å². The second-order valence-electron chi connectivity index (χ2n) is 14.8. The third-order valence-corrected chi connectivity index (χ3v) is 11.4. The number of nitrogens with zero attached hydrogens (tertiary/aromatic N) is 7. The highest BCUT2D eigenvalue weighted by Gasteiger charge is 2.54. The normalized spacial score (nSPS) is 22.7. The summed E-state index contributed by atoms with van der Waals surface area (Å²) in [4.78, 5) is 45.1. The molecule has 2 aromatic carbocycles. The highest BCUT2D eigenvalue weighted by molar-refractivity contribution is 5.95. The molecule has 12 heteroatoms. The molecule has 12 nitrogen and oxygen atoms in total. The van der Waals surface area contributed by atoms with E-state index in [0.717, 1.165) is 60.8 Å². The summed E-state index contributed by atoms with van der Waals surface area (Å²) in [6.45, 7) is 0.150. The molecule has 1 aromatic heterocycles. The monoisotopic (exact) mass is 663 g/mol. The lowest BCUT2D eigenvalue weighted by Crippen LogP contribution is -2.49. The Labute approximate surface area is 287 Å². The number of aromatic amines is 1. The van der Waals surface area contributed by atoms with Gasteiger partial charge >= 0.3 is 0 Å². The lowest BCUT2D eigenvalue weighted by molar-refractivity contribution is -0.131. The molecule has 256 valence electrons. The van der Waals surface area contributed by atoms with Crippen molar-refractivity contribution in [2.24, 2.45) is 11.8 Å². The lowest BCUT2D eigenvalue weighted by Gasteiger charge is -2.39. The minimum Gasteiger partial charge on any atom is -0.345 e. The molecule has 3 aliphatic carbocycles. The molecule has 0 unspecified atom stereocenters. The number of H-pyrrole nitrogens is 1. The summed E-state index contributed by atoms with van der Waals surface area (Å²) in [7, 11) is 7.00. The number of aromatic nitrogens is 4. The summed E-state index contributed by atoms with van der Waals surface area (Å²) >= 11 is 0. The van der Waals surface area contributed by atoms with Gasteiger partial charge in [-0.15, -0.1) is 10.2 Å². The Morgan fingerprint density at radius 3 is 2.12 bits per heavy atom. The molecule has 3 fully saturated rings. The van der Waals surface area contributed by atoms with Gasteiger partial charge in [-0.1, -0.05) is 30.2 Å². The van der Waals surface area contributed by atoms with Crippen molar-refractivity contribution >= 4 is 17.7 Å². The maximum absolute atomic E-state index is 13.7. The number of hydrogen-bond donors (Lipinski definition) is 2.